The first-order chi connectivity index (χ1) is 10.9. The van der Waals surface area contributed by atoms with E-state index in [0.29, 0.717) is 0 Å². The van der Waals surface area contributed by atoms with Gasteiger partial charge in [-0.05, 0) is 39.4 Å². The molecule has 0 saturated carbocycles. The van der Waals surface area contributed by atoms with Crippen LogP contribution in [-0.2, 0) is 0 Å². The summed E-state index contributed by atoms with van der Waals surface area (Å²) in [5.41, 5.74) is 4.25. The second kappa shape index (κ2) is 4.67. The van der Waals surface area contributed by atoms with Crippen molar-refractivity contribution in [2.75, 3.05) is 0 Å². The predicted molar refractivity (Wildman–Crippen MR) is 97.7 cm³/mol. The summed E-state index contributed by atoms with van der Waals surface area (Å²) in [5, 5.41) is 4.30. The zero-order valence-electron chi connectivity index (χ0n) is 11.8. The molecular weight excluding hydrogens is 300 g/mol. The maximum Gasteiger partial charge on any atom is 0.123 e. The van der Waals surface area contributed by atoms with Crippen molar-refractivity contribution in [3.63, 3.8) is 0 Å². The van der Waals surface area contributed by atoms with Gasteiger partial charge in [0.2, 0.25) is 0 Å². The van der Waals surface area contributed by atoms with Gasteiger partial charge in [0.25, 0.3) is 0 Å². The van der Waals surface area contributed by atoms with Gasteiger partial charge in [0, 0.05) is 9.58 Å². The average molecular weight is 312 g/mol. The standard InChI is InChI=1S/C20H12SSi/c1-3-9-16-13(6-1)12-17(21-16)14-8-5-11-19-20(14)15-7-2-4-10-18(15)22-19/h1-12H. The molecule has 0 unspecified atom stereocenters. The van der Waals surface area contributed by atoms with Gasteiger partial charge in [-0.15, -0.1) is 11.3 Å². The summed E-state index contributed by atoms with van der Waals surface area (Å²) < 4.78 is 1.36. The summed E-state index contributed by atoms with van der Waals surface area (Å²) in [7, 11) is 0.786. The number of hydrogen-bond donors (Lipinski definition) is 0. The predicted octanol–water partition coefficient (Wildman–Crippen LogP) is 4.20. The SMILES string of the molecule is c1ccc2c(c1)[Si]c1cccc(-c3cc4ccccc4s3)c1-2. The minimum absolute atomic E-state index is 0.786. The van der Waals surface area contributed by atoms with E-state index in [1.54, 1.807) is 0 Å². The van der Waals surface area contributed by atoms with Crippen molar-refractivity contribution in [3.05, 3.63) is 72.8 Å². The van der Waals surface area contributed by atoms with Crippen molar-refractivity contribution >= 4 is 41.3 Å². The molecule has 0 nitrogen and oxygen atoms in total. The minimum Gasteiger partial charge on any atom is -0.135 e. The minimum atomic E-state index is 0.786. The fourth-order valence-electron chi connectivity index (χ4n) is 3.22. The molecule has 0 aliphatic carbocycles. The number of fused-ring (bicyclic) bond motifs is 4. The van der Waals surface area contributed by atoms with Gasteiger partial charge < -0.3 is 0 Å². The number of benzene rings is 3. The normalized spacial score (nSPS) is 12.4. The highest BCUT2D eigenvalue weighted by atomic mass is 32.1. The van der Waals surface area contributed by atoms with Crippen LogP contribution in [0.3, 0.4) is 0 Å². The summed E-state index contributed by atoms with van der Waals surface area (Å²) in [4.78, 5) is 1.37. The Kier molecular flexibility index (Phi) is 2.63. The average Bonchev–Trinajstić information content (AvgIpc) is 3.15. The second-order valence-corrected chi connectivity index (χ2v) is 7.96. The van der Waals surface area contributed by atoms with Crippen LogP contribution < -0.4 is 10.4 Å². The summed E-state index contributed by atoms with van der Waals surface area (Å²) >= 11 is 1.89. The fraction of sp³-hybridized carbons (Fsp3) is 0. The van der Waals surface area contributed by atoms with Crippen LogP contribution in [0.15, 0.2) is 72.8 Å². The fourth-order valence-corrected chi connectivity index (χ4v) is 5.70. The summed E-state index contributed by atoms with van der Waals surface area (Å²) in [6, 6.07) is 26.6. The van der Waals surface area contributed by atoms with Gasteiger partial charge in [-0.3, -0.25) is 0 Å². The van der Waals surface area contributed by atoms with Crippen molar-refractivity contribution < 1.29 is 0 Å². The molecule has 0 N–H and O–H groups in total. The van der Waals surface area contributed by atoms with E-state index in [1.165, 1.54) is 42.0 Å². The lowest BCUT2D eigenvalue weighted by Crippen LogP contribution is -2.20. The van der Waals surface area contributed by atoms with E-state index in [1.807, 2.05) is 11.3 Å². The molecule has 1 aliphatic heterocycles. The monoisotopic (exact) mass is 312 g/mol. The highest BCUT2D eigenvalue weighted by Crippen LogP contribution is 2.38. The molecule has 3 aromatic carbocycles. The van der Waals surface area contributed by atoms with Crippen molar-refractivity contribution in [1.29, 1.82) is 0 Å². The van der Waals surface area contributed by atoms with E-state index in [9.17, 15) is 0 Å². The molecule has 1 aliphatic rings. The van der Waals surface area contributed by atoms with Crippen molar-refractivity contribution in [2.24, 2.45) is 0 Å². The highest BCUT2D eigenvalue weighted by Gasteiger charge is 2.22. The molecule has 0 saturated heterocycles. The topological polar surface area (TPSA) is 0 Å². The Labute approximate surface area is 135 Å². The zero-order chi connectivity index (χ0) is 14.5. The lowest BCUT2D eigenvalue weighted by molar-refractivity contribution is 1.70. The summed E-state index contributed by atoms with van der Waals surface area (Å²) in [6.45, 7) is 0. The molecule has 2 radical (unpaired) electrons. The first kappa shape index (κ1) is 12.4. The molecule has 0 amide bonds. The first-order valence-corrected chi connectivity index (χ1v) is 9.20. The van der Waals surface area contributed by atoms with E-state index in [-0.39, 0.29) is 0 Å². The van der Waals surface area contributed by atoms with Gasteiger partial charge in [-0.2, -0.15) is 0 Å². The molecule has 0 spiro atoms. The molecule has 2 heteroatoms. The molecule has 1 aromatic heterocycles. The largest absolute Gasteiger partial charge is 0.135 e. The Hall–Kier alpha value is -2.16. The molecule has 0 bridgehead atoms. The maximum atomic E-state index is 2.33. The van der Waals surface area contributed by atoms with E-state index in [0.717, 1.165) is 9.52 Å². The van der Waals surface area contributed by atoms with Crippen LogP contribution in [0, 0.1) is 0 Å². The third-order valence-electron chi connectivity index (χ3n) is 4.22. The number of hydrogen-bond acceptors (Lipinski definition) is 1. The molecular formula is C20H12SSi. The highest BCUT2D eigenvalue weighted by molar-refractivity contribution is 7.22. The Morgan fingerprint density at radius 1 is 0.682 bits per heavy atom. The summed E-state index contributed by atoms with van der Waals surface area (Å²) in [6.07, 6.45) is 0. The van der Waals surface area contributed by atoms with Crippen LogP contribution in [0.5, 0.6) is 0 Å². The van der Waals surface area contributed by atoms with Crippen LogP contribution in [0.2, 0.25) is 0 Å². The van der Waals surface area contributed by atoms with Gasteiger partial charge in [-0.1, -0.05) is 65.9 Å². The molecule has 102 valence electrons. The second-order valence-electron chi connectivity index (χ2n) is 5.55. The van der Waals surface area contributed by atoms with Crippen molar-refractivity contribution in [3.8, 4) is 21.6 Å². The zero-order valence-corrected chi connectivity index (χ0v) is 13.7. The lowest BCUT2D eigenvalue weighted by atomic mass is 9.98. The van der Waals surface area contributed by atoms with Gasteiger partial charge in [-0.25, -0.2) is 0 Å². The molecule has 5 rings (SSSR count). The van der Waals surface area contributed by atoms with Crippen molar-refractivity contribution in [1.82, 2.24) is 0 Å². The Morgan fingerprint density at radius 3 is 2.41 bits per heavy atom. The van der Waals surface area contributed by atoms with E-state index >= 15 is 0 Å². The molecule has 2 heterocycles. The van der Waals surface area contributed by atoms with Gasteiger partial charge >= 0.3 is 0 Å². The van der Waals surface area contributed by atoms with E-state index in [4.69, 9.17) is 0 Å². The first-order valence-electron chi connectivity index (χ1n) is 7.38. The van der Waals surface area contributed by atoms with Crippen LogP contribution in [-0.4, -0.2) is 9.52 Å². The van der Waals surface area contributed by atoms with Gasteiger partial charge in [0.05, 0.1) is 0 Å². The molecule has 0 atom stereocenters. The number of rotatable bonds is 1. The maximum absolute atomic E-state index is 2.33. The molecule has 0 fully saturated rings. The van der Waals surface area contributed by atoms with Gasteiger partial charge in [0.15, 0.2) is 0 Å². The van der Waals surface area contributed by atoms with Crippen molar-refractivity contribution in [2.45, 2.75) is 0 Å². The van der Waals surface area contributed by atoms with Gasteiger partial charge in [0.1, 0.15) is 9.52 Å². The third-order valence-corrected chi connectivity index (χ3v) is 6.76. The van der Waals surface area contributed by atoms with E-state index < -0.39 is 0 Å². The molecule has 4 aromatic rings. The van der Waals surface area contributed by atoms with Crippen LogP contribution in [0.25, 0.3) is 31.7 Å². The number of thiophene rings is 1. The quantitative estimate of drug-likeness (QED) is 0.407. The Morgan fingerprint density at radius 2 is 1.45 bits per heavy atom. The Balaban J connectivity index is 1.80. The Bertz CT molecular complexity index is 980. The molecule has 22 heavy (non-hydrogen) atoms. The van der Waals surface area contributed by atoms with Crippen LogP contribution in [0.1, 0.15) is 0 Å². The lowest BCUT2D eigenvalue weighted by Gasteiger charge is -2.08. The van der Waals surface area contributed by atoms with E-state index in [2.05, 4.69) is 72.8 Å². The van der Waals surface area contributed by atoms with Crippen LogP contribution >= 0.6 is 11.3 Å². The van der Waals surface area contributed by atoms with Crippen LogP contribution in [0.4, 0.5) is 0 Å². The summed E-state index contributed by atoms with van der Waals surface area (Å²) in [5.74, 6) is 0. The third kappa shape index (κ3) is 1.74. The smallest absolute Gasteiger partial charge is 0.123 e.